The van der Waals surface area contributed by atoms with Crippen LogP contribution in [0.1, 0.15) is 14.4 Å². The summed E-state index contributed by atoms with van der Waals surface area (Å²) in [6.45, 7) is -1.32. The van der Waals surface area contributed by atoms with Gasteiger partial charge in [-0.3, -0.25) is 0 Å². The molecule has 1 N–H and O–H groups in total. The number of halogens is 1. The second kappa shape index (κ2) is 7.94. The number of rotatable bonds is 6. The van der Waals surface area contributed by atoms with Crippen molar-refractivity contribution in [1.29, 1.82) is 0 Å². The summed E-state index contributed by atoms with van der Waals surface area (Å²) < 4.78 is 43.9. The molecule has 122 valence electrons. The standard InChI is InChI=1S/C18H20FNO3/c19-13-22-15-8-4-5-9-16(15)23-18(14-6-2-1-3-7-14)17-12-20-10-11-21-17/h1-9,17-18,20H,10-13H2/t17-,18+/m1/s1/i13D2,19-1. The number of para-hydroxylation sites is 2. The Morgan fingerprint density at radius 2 is 1.91 bits per heavy atom. The molecule has 3 rings (SSSR count). The van der Waals surface area contributed by atoms with Gasteiger partial charge in [-0.25, -0.2) is 4.39 Å². The van der Waals surface area contributed by atoms with E-state index < -0.39 is 12.9 Å². The molecule has 5 heteroatoms. The number of hydrogen-bond donors (Lipinski definition) is 1. The molecule has 0 spiro atoms. The Morgan fingerprint density at radius 1 is 1.17 bits per heavy atom. The van der Waals surface area contributed by atoms with E-state index in [1.165, 1.54) is 6.07 Å². The molecule has 1 fully saturated rings. The van der Waals surface area contributed by atoms with E-state index in [1.54, 1.807) is 18.2 Å². The first-order valence-corrected chi connectivity index (χ1v) is 7.54. The second-order valence-electron chi connectivity index (χ2n) is 5.19. The molecule has 1 aliphatic rings. The zero-order valence-corrected chi connectivity index (χ0v) is 12.6. The molecule has 4 nitrogen and oxygen atoms in total. The normalized spacial score (nSPS) is 21.0. The van der Waals surface area contributed by atoms with Gasteiger partial charge in [-0.2, -0.15) is 0 Å². The highest BCUT2D eigenvalue weighted by Gasteiger charge is 2.28. The molecule has 0 amide bonds. The van der Waals surface area contributed by atoms with Crippen LogP contribution in [0, 0.1) is 0 Å². The summed E-state index contributed by atoms with van der Waals surface area (Å²) in [6.07, 6.45) is -0.671. The maximum absolute atomic E-state index is 13.3. The molecule has 0 saturated carbocycles. The number of nitrogens with one attached hydrogen (secondary N) is 1. The molecule has 1 saturated heterocycles. The number of hydrogen-bond acceptors (Lipinski definition) is 4. The van der Waals surface area contributed by atoms with E-state index in [0.29, 0.717) is 13.2 Å². The first kappa shape index (κ1) is 13.3. The Kier molecular flexibility index (Phi) is 4.61. The molecule has 1 heterocycles. The molecular formula is C18H20FNO3. The number of ether oxygens (including phenoxy) is 3. The Hall–Kier alpha value is -2.11. The summed E-state index contributed by atoms with van der Waals surface area (Å²) in [4.78, 5) is 0. The SMILES string of the molecule is [2H]C([2H])([18F])Oc1ccccc1O[C@@H](c1ccccc1)[C@H]1CNCCO1. The smallest absolute Gasteiger partial charge is 0.228 e. The highest BCUT2D eigenvalue weighted by Crippen LogP contribution is 2.33. The number of morpholine rings is 1. The van der Waals surface area contributed by atoms with Gasteiger partial charge in [0.15, 0.2) is 17.6 Å². The fourth-order valence-corrected chi connectivity index (χ4v) is 2.59. The summed E-state index contributed by atoms with van der Waals surface area (Å²) in [5, 5.41) is 3.27. The molecule has 0 aromatic heterocycles. The predicted octanol–water partition coefficient (Wildman–Crippen LogP) is 3.10. The van der Waals surface area contributed by atoms with Gasteiger partial charge in [-0.05, 0) is 17.7 Å². The van der Waals surface area contributed by atoms with Crippen LogP contribution in [0.15, 0.2) is 54.6 Å². The average Bonchev–Trinajstić information content (AvgIpc) is 2.61. The van der Waals surface area contributed by atoms with Crippen LogP contribution in [0.4, 0.5) is 4.39 Å². The zero-order valence-electron chi connectivity index (χ0n) is 14.6. The first-order valence-electron chi connectivity index (χ1n) is 8.54. The van der Waals surface area contributed by atoms with E-state index >= 15 is 0 Å². The highest BCUT2D eigenvalue weighted by molar-refractivity contribution is 5.40. The summed E-state index contributed by atoms with van der Waals surface area (Å²) in [7, 11) is 0. The fraction of sp³-hybridized carbons (Fsp3) is 0.333. The molecule has 23 heavy (non-hydrogen) atoms. The van der Waals surface area contributed by atoms with E-state index in [1.807, 2.05) is 30.3 Å². The molecule has 0 radical (unpaired) electrons. The van der Waals surface area contributed by atoms with Gasteiger partial charge in [0, 0.05) is 13.1 Å². The third kappa shape index (κ3) is 4.00. The maximum atomic E-state index is 13.3. The van der Waals surface area contributed by atoms with Crippen molar-refractivity contribution in [3.05, 3.63) is 60.2 Å². The minimum atomic E-state index is -3.29. The summed E-state index contributed by atoms with van der Waals surface area (Å²) in [5.41, 5.74) is 0.911. The summed E-state index contributed by atoms with van der Waals surface area (Å²) >= 11 is 0. The van der Waals surface area contributed by atoms with E-state index in [4.69, 9.17) is 17.0 Å². The monoisotopic (exact) mass is 318 g/mol. The van der Waals surface area contributed by atoms with E-state index in [-0.39, 0.29) is 17.6 Å². The summed E-state index contributed by atoms with van der Waals surface area (Å²) in [5.74, 6) is 0.256. The van der Waals surface area contributed by atoms with Crippen LogP contribution in [0.2, 0.25) is 0 Å². The third-order valence-electron chi connectivity index (χ3n) is 3.67. The van der Waals surface area contributed by atoms with Gasteiger partial charge in [0.2, 0.25) is 6.81 Å². The summed E-state index contributed by atoms with van der Waals surface area (Å²) in [6, 6.07) is 16.0. The Morgan fingerprint density at radius 3 is 2.61 bits per heavy atom. The van der Waals surface area contributed by atoms with Gasteiger partial charge < -0.3 is 19.5 Å². The van der Waals surface area contributed by atoms with Crippen LogP contribution in [0.5, 0.6) is 11.5 Å². The molecule has 2 aromatic rings. The van der Waals surface area contributed by atoms with Gasteiger partial charge >= 0.3 is 0 Å². The molecule has 2 atom stereocenters. The van der Waals surface area contributed by atoms with Gasteiger partial charge in [0.25, 0.3) is 0 Å². The van der Waals surface area contributed by atoms with Crippen molar-refractivity contribution in [2.75, 3.05) is 26.5 Å². The predicted molar refractivity (Wildman–Crippen MR) is 85.5 cm³/mol. The molecular weight excluding hydrogens is 296 g/mol. The van der Waals surface area contributed by atoms with E-state index in [0.717, 1.165) is 12.1 Å². The highest BCUT2D eigenvalue weighted by atomic mass is 18.2. The van der Waals surface area contributed by atoms with Gasteiger partial charge in [-0.15, -0.1) is 0 Å². The van der Waals surface area contributed by atoms with Crippen molar-refractivity contribution in [1.82, 2.24) is 5.32 Å². The van der Waals surface area contributed by atoms with Gasteiger partial charge in [-0.1, -0.05) is 42.5 Å². The van der Waals surface area contributed by atoms with Crippen LogP contribution in [-0.2, 0) is 4.74 Å². The number of alkyl halides is 1. The lowest BCUT2D eigenvalue weighted by atomic mass is 10.0. The largest absolute Gasteiger partial charge is 0.479 e. The molecule has 2 aromatic carbocycles. The topological polar surface area (TPSA) is 39.7 Å². The lowest BCUT2D eigenvalue weighted by Crippen LogP contribution is -2.43. The molecule has 0 unspecified atom stereocenters. The van der Waals surface area contributed by atoms with Crippen LogP contribution in [0.25, 0.3) is 0 Å². The second-order valence-corrected chi connectivity index (χ2v) is 5.19. The van der Waals surface area contributed by atoms with Crippen molar-refractivity contribution in [3.63, 3.8) is 0 Å². The van der Waals surface area contributed by atoms with Gasteiger partial charge in [0.05, 0.1) is 6.61 Å². The number of benzene rings is 2. The Bertz CT molecular complexity index is 676. The average molecular weight is 318 g/mol. The van der Waals surface area contributed by atoms with Crippen LogP contribution in [-0.4, -0.2) is 32.6 Å². The molecule has 0 bridgehead atoms. The quantitative estimate of drug-likeness (QED) is 0.888. The van der Waals surface area contributed by atoms with Crippen molar-refractivity contribution < 1.29 is 21.3 Å². The van der Waals surface area contributed by atoms with Crippen LogP contribution < -0.4 is 14.8 Å². The lowest BCUT2D eigenvalue weighted by molar-refractivity contribution is -0.0441. The van der Waals surface area contributed by atoms with E-state index in [9.17, 15) is 4.39 Å². The van der Waals surface area contributed by atoms with Crippen LogP contribution >= 0.6 is 0 Å². The first-order chi connectivity index (χ1) is 12.0. The zero-order chi connectivity index (χ0) is 17.7. The molecule has 1 aliphatic heterocycles. The molecule has 0 aliphatic carbocycles. The fourth-order valence-electron chi connectivity index (χ4n) is 2.59. The Labute approximate surface area is 138 Å². The minimum Gasteiger partial charge on any atom is -0.479 e. The Balaban J connectivity index is 1.88. The maximum Gasteiger partial charge on any atom is 0.228 e. The van der Waals surface area contributed by atoms with Crippen molar-refractivity contribution in [2.45, 2.75) is 12.2 Å². The third-order valence-corrected chi connectivity index (χ3v) is 3.67. The lowest BCUT2D eigenvalue weighted by Gasteiger charge is -2.32. The van der Waals surface area contributed by atoms with E-state index in [2.05, 4.69) is 5.32 Å². The van der Waals surface area contributed by atoms with Crippen molar-refractivity contribution >= 4 is 0 Å². The minimum absolute atomic E-state index is 0.000278. The van der Waals surface area contributed by atoms with Crippen molar-refractivity contribution in [2.24, 2.45) is 0 Å². The van der Waals surface area contributed by atoms with Gasteiger partial charge in [0.1, 0.15) is 8.85 Å². The van der Waals surface area contributed by atoms with Crippen molar-refractivity contribution in [3.8, 4) is 11.5 Å². The van der Waals surface area contributed by atoms with Crippen LogP contribution in [0.3, 0.4) is 0 Å².